The summed E-state index contributed by atoms with van der Waals surface area (Å²) in [5, 5.41) is 2.65. The highest BCUT2D eigenvalue weighted by molar-refractivity contribution is 7.88. The lowest BCUT2D eigenvalue weighted by molar-refractivity contribution is 0.0952. The van der Waals surface area contributed by atoms with Gasteiger partial charge >= 0.3 is 0 Å². The van der Waals surface area contributed by atoms with Crippen molar-refractivity contribution in [3.63, 3.8) is 0 Å². The van der Waals surface area contributed by atoms with Crippen LogP contribution in [0.4, 0.5) is 5.82 Å². The molecule has 1 heterocycles. The Kier molecular flexibility index (Phi) is 5.46. The fourth-order valence-corrected chi connectivity index (χ4v) is 1.80. The molecule has 112 valence electrons. The first kappa shape index (κ1) is 16.4. The molecule has 0 radical (unpaired) electrons. The molecule has 1 rings (SSSR count). The molecular weight excluding hydrogens is 280 g/mol. The molecule has 0 saturated heterocycles. The number of hydrogen-bond donors (Lipinski definition) is 1. The molecule has 0 aromatic carbocycles. The fraction of sp³-hybridized carbons (Fsp3) is 0.500. The molecule has 0 aliphatic heterocycles. The van der Waals surface area contributed by atoms with Crippen molar-refractivity contribution in [1.82, 2.24) is 14.6 Å². The maximum absolute atomic E-state index is 11.8. The van der Waals surface area contributed by atoms with Gasteiger partial charge in [-0.3, -0.25) is 4.79 Å². The Morgan fingerprint density at radius 2 is 1.95 bits per heavy atom. The van der Waals surface area contributed by atoms with Crippen molar-refractivity contribution < 1.29 is 13.2 Å². The van der Waals surface area contributed by atoms with Crippen molar-refractivity contribution in [2.24, 2.45) is 0 Å². The number of nitrogens with zero attached hydrogens (tertiary/aromatic N) is 3. The summed E-state index contributed by atoms with van der Waals surface area (Å²) >= 11 is 0. The maximum atomic E-state index is 11.8. The van der Waals surface area contributed by atoms with Crippen LogP contribution in [0, 0.1) is 0 Å². The van der Waals surface area contributed by atoms with Crippen molar-refractivity contribution in [3.8, 4) is 0 Å². The molecular formula is C12H20N4O3S. The van der Waals surface area contributed by atoms with E-state index in [1.165, 1.54) is 17.5 Å². The molecule has 0 aliphatic carbocycles. The SMILES string of the molecule is CN(C)c1ccc(C(=O)NCCN(C)S(C)(=O)=O)cn1. The molecule has 1 N–H and O–H groups in total. The van der Waals surface area contributed by atoms with Crippen LogP contribution in [0.25, 0.3) is 0 Å². The van der Waals surface area contributed by atoms with Crippen LogP contribution in [0.15, 0.2) is 18.3 Å². The lowest BCUT2D eigenvalue weighted by Gasteiger charge is -2.14. The van der Waals surface area contributed by atoms with Gasteiger partial charge in [-0.15, -0.1) is 0 Å². The quantitative estimate of drug-likeness (QED) is 0.784. The summed E-state index contributed by atoms with van der Waals surface area (Å²) in [4.78, 5) is 17.8. The number of anilines is 1. The topological polar surface area (TPSA) is 82.6 Å². The van der Waals surface area contributed by atoms with E-state index in [2.05, 4.69) is 10.3 Å². The number of carbonyl (C=O) groups is 1. The van der Waals surface area contributed by atoms with E-state index in [9.17, 15) is 13.2 Å². The van der Waals surface area contributed by atoms with Gasteiger partial charge in [0.15, 0.2) is 0 Å². The van der Waals surface area contributed by atoms with Crippen LogP contribution in [0.2, 0.25) is 0 Å². The van der Waals surface area contributed by atoms with Crippen LogP contribution in [0.3, 0.4) is 0 Å². The van der Waals surface area contributed by atoms with E-state index >= 15 is 0 Å². The Bertz CT molecular complexity index is 555. The molecule has 8 heteroatoms. The predicted octanol–water partition coefficient (Wildman–Crippen LogP) is -0.231. The minimum atomic E-state index is -3.22. The second-order valence-electron chi connectivity index (χ2n) is 4.64. The van der Waals surface area contributed by atoms with Crippen molar-refractivity contribution in [1.29, 1.82) is 0 Å². The van der Waals surface area contributed by atoms with Gasteiger partial charge in [0.2, 0.25) is 10.0 Å². The molecule has 0 aliphatic rings. The van der Waals surface area contributed by atoms with Crippen LogP contribution in [-0.4, -0.2) is 64.1 Å². The highest BCUT2D eigenvalue weighted by Gasteiger charge is 2.11. The molecule has 1 aromatic heterocycles. The molecule has 0 saturated carbocycles. The van der Waals surface area contributed by atoms with E-state index in [0.717, 1.165) is 12.1 Å². The van der Waals surface area contributed by atoms with Crippen LogP contribution in [0.5, 0.6) is 0 Å². The second kappa shape index (κ2) is 6.67. The van der Waals surface area contributed by atoms with E-state index in [-0.39, 0.29) is 19.0 Å². The molecule has 0 atom stereocenters. The average molecular weight is 300 g/mol. The molecule has 1 aromatic rings. The van der Waals surface area contributed by atoms with Gasteiger partial charge in [-0.05, 0) is 12.1 Å². The maximum Gasteiger partial charge on any atom is 0.252 e. The van der Waals surface area contributed by atoms with E-state index in [4.69, 9.17) is 0 Å². The summed E-state index contributed by atoms with van der Waals surface area (Å²) in [7, 11) is 1.98. The number of carbonyl (C=O) groups excluding carboxylic acids is 1. The Balaban J connectivity index is 2.51. The van der Waals surface area contributed by atoms with Gasteiger partial charge in [0.05, 0.1) is 11.8 Å². The zero-order valence-electron chi connectivity index (χ0n) is 12.1. The average Bonchev–Trinajstić information content (AvgIpc) is 2.37. The van der Waals surface area contributed by atoms with Gasteiger partial charge in [0, 0.05) is 40.4 Å². The van der Waals surface area contributed by atoms with Gasteiger partial charge in [-0.1, -0.05) is 0 Å². The lowest BCUT2D eigenvalue weighted by Crippen LogP contribution is -2.35. The second-order valence-corrected chi connectivity index (χ2v) is 6.73. The van der Waals surface area contributed by atoms with Crippen molar-refractivity contribution in [2.45, 2.75) is 0 Å². The predicted molar refractivity (Wildman–Crippen MR) is 78.4 cm³/mol. The van der Waals surface area contributed by atoms with Gasteiger partial charge < -0.3 is 10.2 Å². The van der Waals surface area contributed by atoms with Crippen molar-refractivity contribution in [2.75, 3.05) is 45.4 Å². The number of nitrogens with one attached hydrogen (secondary N) is 1. The van der Waals surface area contributed by atoms with Crippen LogP contribution in [0.1, 0.15) is 10.4 Å². The number of hydrogen-bond acceptors (Lipinski definition) is 5. The monoisotopic (exact) mass is 300 g/mol. The number of sulfonamides is 1. The fourth-order valence-electron chi connectivity index (χ4n) is 1.38. The summed E-state index contributed by atoms with van der Waals surface area (Å²) in [6.45, 7) is 0.478. The number of aromatic nitrogens is 1. The Hall–Kier alpha value is -1.67. The zero-order chi connectivity index (χ0) is 15.3. The minimum absolute atomic E-state index is 0.230. The molecule has 0 spiro atoms. The normalized spacial score (nSPS) is 11.4. The summed E-state index contributed by atoms with van der Waals surface area (Å²) in [5.74, 6) is 0.489. The zero-order valence-corrected chi connectivity index (χ0v) is 12.9. The third-order valence-corrected chi connectivity index (χ3v) is 4.06. The summed E-state index contributed by atoms with van der Waals surface area (Å²) < 4.78 is 23.5. The van der Waals surface area contributed by atoms with Gasteiger partial charge in [0.1, 0.15) is 5.82 Å². The standard InChI is InChI=1S/C12H20N4O3S/c1-15(2)11-6-5-10(9-14-11)12(17)13-7-8-16(3)20(4,18)19/h5-6,9H,7-8H2,1-4H3,(H,13,17). The summed E-state index contributed by atoms with van der Waals surface area (Å²) in [5.41, 5.74) is 0.442. The summed E-state index contributed by atoms with van der Waals surface area (Å²) in [6.07, 6.45) is 2.61. The molecule has 7 nitrogen and oxygen atoms in total. The van der Waals surface area contributed by atoms with Crippen LogP contribution in [-0.2, 0) is 10.0 Å². The van der Waals surface area contributed by atoms with Crippen LogP contribution >= 0.6 is 0 Å². The highest BCUT2D eigenvalue weighted by atomic mass is 32.2. The first-order valence-electron chi connectivity index (χ1n) is 6.04. The number of likely N-dealkylation sites (N-methyl/N-ethyl adjacent to an activating group) is 1. The summed E-state index contributed by atoms with van der Waals surface area (Å²) in [6, 6.07) is 3.43. The van der Waals surface area contributed by atoms with Crippen LogP contribution < -0.4 is 10.2 Å². The van der Waals surface area contributed by atoms with Gasteiger partial charge in [0.25, 0.3) is 5.91 Å². The van der Waals surface area contributed by atoms with E-state index in [0.29, 0.717) is 5.56 Å². The number of rotatable bonds is 6. The molecule has 20 heavy (non-hydrogen) atoms. The van der Waals surface area contributed by atoms with Gasteiger partial charge in [-0.2, -0.15) is 0 Å². The highest BCUT2D eigenvalue weighted by Crippen LogP contribution is 2.07. The van der Waals surface area contributed by atoms with E-state index in [1.54, 1.807) is 12.1 Å². The smallest absolute Gasteiger partial charge is 0.252 e. The van der Waals surface area contributed by atoms with Crippen molar-refractivity contribution >= 4 is 21.7 Å². The third-order valence-electron chi connectivity index (χ3n) is 2.75. The van der Waals surface area contributed by atoms with E-state index in [1.807, 2.05) is 19.0 Å². The van der Waals surface area contributed by atoms with Gasteiger partial charge in [-0.25, -0.2) is 17.7 Å². The molecule has 0 fully saturated rings. The number of amides is 1. The van der Waals surface area contributed by atoms with E-state index < -0.39 is 10.0 Å². The first-order chi connectivity index (χ1) is 9.21. The number of pyridine rings is 1. The molecule has 0 bridgehead atoms. The lowest BCUT2D eigenvalue weighted by atomic mass is 10.2. The first-order valence-corrected chi connectivity index (χ1v) is 7.89. The Morgan fingerprint density at radius 3 is 2.40 bits per heavy atom. The minimum Gasteiger partial charge on any atom is -0.363 e. The van der Waals surface area contributed by atoms with Crippen molar-refractivity contribution in [3.05, 3.63) is 23.9 Å². The molecule has 1 amide bonds. The Morgan fingerprint density at radius 1 is 1.30 bits per heavy atom. The third kappa shape index (κ3) is 4.78. The molecule has 0 unspecified atom stereocenters. The largest absolute Gasteiger partial charge is 0.363 e. The Labute approximate surface area is 119 Å².